The second kappa shape index (κ2) is 4.49. The van der Waals surface area contributed by atoms with E-state index < -0.39 is 11.6 Å². The molecule has 0 aliphatic rings. The van der Waals surface area contributed by atoms with Crippen molar-refractivity contribution < 1.29 is 8.78 Å². The highest BCUT2D eigenvalue weighted by Gasteiger charge is 2.09. The molecule has 0 spiro atoms. The van der Waals surface area contributed by atoms with Crippen molar-refractivity contribution in [1.29, 1.82) is 0 Å². The fourth-order valence-electron chi connectivity index (χ4n) is 1.35. The molecule has 2 nitrogen and oxygen atoms in total. The molecule has 2 rings (SSSR count). The van der Waals surface area contributed by atoms with Crippen LogP contribution in [0.3, 0.4) is 0 Å². The van der Waals surface area contributed by atoms with Gasteiger partial charge in [-0.15, -0.1) is 11.3 Å². The molecule has 0 unspecified atom stereocenters. The fourth-order valence-corrected chi connectivity index (χ4v) is 1.99. The molecule has 0 atom stereocenters. The topological polar surface area (TPSA) is 38.0 Å². The van der Waals surface area contributed by atoms with Crippen LogP contribution in [0.4, 0.5) is 20.2 Å². The summed E-state index contributed by atoms with van der Waals surface area (Å²) in [5.41, 5.74) is 5.26. The van der Waals surface area contributed by atoms with E-state index in [1.54, 1.807) is 0 Å². The minimum Gasteiger partial charge on any atom is -0.399 e. The molecule has 0 bridgehead atoms. The lowest BCUT2D eigenvalue weighted by Gasteiger charge is -2.08. The first-order valence-corrected chi connectivity index (χ1v) is 5.55. The molecule has 0 saturated heterocycles. The molecule has 16 heavy (non-hydrogen) atoms. The molecule has 0 amide bonds. The zero-order valence-corrected chi connectivity index (χ0v) is 9.15. The van der Waals surface area contributed by atoms with Crippen molar-refractivity contribution in [3.05, 3.63) is 46.2 Å². The van der Waals surface area contributed by atoms with Gasteiger partial charge in [-0.2, -0.15) is 0 Å². The van der Waals surface area contributed by atoms with Crippen LogP contribution in [0.1, 0.15) is 4.88 Å². The van der Waals surface area contributed by atoms with Crippen molar-refractivity contribution in [2.75, 3.05) is 11.1 Å². The lowest BCUT2D eigenvalue weighted by atomic mass is 10.2. The van der Waals surface area contributed by atoms with Gasteiger partial charge in [0.25, 0.3) is 0 Å². The average molecular weight is 240 g/mol. The average Bonchev–Trinajstić information content (AvgIpc) is 2.68. The van der Waals surface area contributed by atoms with Gasteiger partial charge in [0.15, 0.2) is 11.6 Å². The van der Waals surface area contributed by atoms with Gasteiger partial charge >= 0.3 is 0 Å². The number of rotatable bonds is 3. The Morgan fingerprint density at radius 3 is 2.50 bits per heavy atom. The second-order valence-corrected chi connectivity index (χ2v) is 4.32. The molecule has 1 aromatic heterocycles. The Morgan fingerprint density at radius 2 is 1.94 bits per heavy atom. The Balaban J connectivity index is 2.15. The van der Waals surface area contributed by atoms with Crippen LogP contribution in [-0.2, 0) is 6.54 Å². The number of nitrogens with two attached hydrogens (primary N) is 1. The van der Waals surface area contributed by atoms with Crippen molar-refractivity contribution in [3.8, 4) is 0 Å². The summed E-state index contributed by atoms with van der Waals surface area (Å²) in [5.74, 6) is -1.34. The van der Waals surface area contributed by atoms with Crippen LogP contribution in [0.25, 0.3) is 0 Å². The van der Waals surface area contributed by atoms with Crippen LogP contribution in [0, 0.1) is 11.6 Å². The summed E-state index contributed by atoms with van der Waals surface area (Å²) in [7, 11) is 0. The van der Waals surface area contributed by atoms with E-state index >= 15 is 0 Å². The van der Waals surface area contributed by atoms with Crippen LogP contribution in [0.5, 0.6) is 0 Å². The minimum atomic E-state index is -0.672. The summed E-state index contributed by atoms with van der Waals surface area (Å²) in [5, 5.41) is 4.63. The van der Waals surface area contributed by atoms with Crippen molar-refractivity contribution in [2.24, 2.45) is 0 Å². The number of hydrogen-bond acceptors (Lipinski definition) is 3. The Hall–Kier alpha value is -1.62. The Kier molecular flexibility index (Phi) is 3.05. The van der Waals surface area contributed by atoms with Crippen LogP contribution in [0.2, 0.25) is 0 Å². The molecule has 0 saturated carbocycles. The third-order valence-electron chi connectivity index (χ3n) is 2.08. The van der Waals surface area contributed by atoms with Crippen molar-refractivity contribution in [3.63, 3.8) is 0 Å². The molecule has 5 heteroatoms. The smallest absolute Gasteiger partial charge is 0.151 e. The molecule has 1 heterocycles. The second-order valence-electron chi connectivity index (χ2n) is 3.29. The van der Waals surface area contributed by atoms with E-state index in [1.165, 1.54) is 11.3 Å². The SMILES string of the molecule is Nc1cc(F)c(NCc2cccs2)c(F)c1. The Morgan fingerprint density at radius 1 is 1.25 bits per heavy atom. The van der Waals surface area contributed by atoms with E-state index in [0.29, 0.717) is 6.54 Å². The first-order valence-electron chi connectivity index (χ1n) is 4.67. The predicted octanol–water partition coefficient (Wildman–Crippen LogP) is 3.22. The molecule has 0 aliphatic carbocycles. The zero-order valence-electron chi connectivity index (χ0n) is 8.34. The number of thiophene rings is 1. The molecule has 0 aliphatic heterocycles. The highest BCUT2D eigenvalue weighted by molar-refractivity contribution is 7.09. The highest BCUT2D eigenvalue weighted by Crippen LogP contribution is 2.23. The molecule has 84 valence electrons. The van der Waals surface area contributed by atoms with Gasteiger partial charge in [-0.05, 0) is 23.6 Å². The zero-order chi connectivity index (χ0) is 11.5. The van der Waals surface area contributed by atoms with Crippen molar-refractivity contribution >= 4 is 22.7 Å². The highest BCUT2D eigenvalue weighted by atomic mass is 32.1. The summed E-state index contributed by atoms with van der Waals surface area (Å²) in [4.78, 5) is 1.01. The van der Waals surface area contributed by atoms with Crippen LogP contribution >= 0.6 is 11.3 Å². The van der Waals surface area contributed by atoms with E-state index in [4.69, 9.17) is 5.73 Å². The maximum atomic E-state index is 13.4. The number of anilines is 2. The number of nitrogen functional groups attached to an aromatic ring is 1. The number of hydrogen-bond donors (Lipinski definition) is 2. The van der Waals surface area contributed by atoms with Gasteiger partial charge in [0.1, 0.15) is 5.69 Å². The van der Waals surface area contributed by atoms with Crippen LogP contribution in [-0.4, -0.2) is 0 Å². The van der Waals surface area contributed by atoms with Crippen molar-refractivity contribution in [1.82, 2.24) is 0 Å². The third-order valence-corrected chi connectivity index (χ3v) is 2.96. The van der Waals surface area contributed by atoms with E-state index in [9.17, 15) is 8.78 Å². The van der Waals surface area contributed by atoms with Crippen LogP contribution < -0.4 is 11.1 Å². The monoisotopic (exact) mass is 240 g/mol. The number of halogens is 2. The minimum absolute atomic E-state index is 0.0803. The quantitative estimate of drug-likeness (QED) is 0.808. The molecule has 2 aromatic rings. The summed E-state index contributed by atoms with van der Waals surface area (Å²) in [6.45, 7) is 0.398. The molecular formula is C11H10F2N2S. The van der Waals surface area contributed by atoms with Gasteiger partial charge in [-0.25, -0.2) is 8.78 Å². The fraction of sp³-hybridized carbons (Fsp3) is 0.0909. The largest absolute Gasteiger partial charge is 0.399 e. The summed E-state index contributed by atoms with van der Waals surface area (Å²) in [6.07, 6.45) is 0. The van der Waals surface area contributed by atoms with Gasteiger partial charge in [0, 0.05) is 17.1 Å². The van der Waals surface area contributed by atoms with Gasteiger partial charge in [0.2, 0.25) is 0 Å². The lowest BCUT2D eigenvalue weighted by Crippen LogP contribution is -2.03. The number of nitrogens with one attached hydrogen (secondary N) is 1. The Labute approximate surface area is 95.7 Å². The number of benzene rings is 1. The van der Waals surface area contributed by atoms with Gasteiger partial charge < -0.3 is 11.1 Å². The van der Waals surface area contributed by atoms with Gasteiger partial charge in [-0.1, -0.05) is 6.07 Å². The lowest BCUT2D eigenvalue weighted by molar-refractivity contribution is 0.589. The molecule has 0 radical (unpaired) electrons. The Bertz CT molecular complexity index is 460. The first-order chi connectivity index (χ1) is 7.66. The summed E-state index contributed by atoms with van der Waals surface area (Å²) < 4.78 is 26.7. The molecule has 0 fully saturated rings. The van der Waals surface area contributed by atoms with Gasteiger partial charge in [-0.3, -0.25) is 0 Å². The summed E-state index contributed by atoms with van der Waals surface area (Å²) >= 11 is 1.52. The van der Waals surface area contributed by atoms with Crippen LogP contribution in [0.15, 0.2) is 29.6 Å². The van der Waals surface area contributed by atoms with E-state index in [2.05, 4.69) is 5.32 Å². The molecule has 3 N–H and O–H groups in total. The van der Waals surface area contributed by atoms with E-state index in [1.807, 2.05) is 17.5 Å². The van der Waals surface area contributed by atoms with Crippen molar-refractivity contribution in [2.45, 2.75) is 6.54 Å². The first kappa shape index (κ1) is 10.9. The molecule has 1 aromatic carbocycles. The maximum Gasteiger partial charge on any atom is 0.151 e. The normalized spacial score (nSPS) is 10.4. The van der Waals surface area contributed by atoms with E-state index in [0.717, 1.165) is 17.0 Å². The summed E-state index contributed by atoms with van der Waals surface area (Å²) in [6, 6.07) is 5.97. The standard InChI is InChI=1S/C11H10F2N2S/c12-9-4-7(14)5-10(13)11(9)15-6-8-2-1-3-16-8/h1-5,15H,6,14H2. The molecular weight excluding hydrogens is 230 g/mol. The maximum absolute atomic E-state index is 13.4. The predicted molar refractivity (Wildman–Crippen MR) is 62.4 cm³/mol. The van der Waals surface area contributed by atoms with Gasteiger partial charge in [0.05, 0.1) is 0 Å². The third kappa shape index (κ3) is 2.30. The van der Waals surface area contributed by atoms with E-state index in [-0.39, 0.29) is 11.4 Å².